The van der Waals surface area contributed by atoms with Gasteiger partial charge in [-0.2, -0.15) is 0 Å². The second-order valence-corrected chi connectivity index (χ2v) is 5.46. The van der Waals surface area contributed by atoms with E-state index in [0.717, 1.165) is 24.6 Å². The van der Waals surface area contributed by atoms with Gasteiger partial charge in [-0.15, -0.1) is 0 Å². The molecule has 0 bridgehead atoms. The van der Waals surface area contributed by atoms with Crippen molar-refractivity contribution in [2.45, 2.75) is 13.0 Å². The first-order chi connectivity index (χ1) is 8.54. The van der Waals surface area contributed by atoms with E-state index in [9.17, 15) is 4.39 Å². The summed E-state index contributed by atoms with van der Waals surface area (Å²) in [4.78, 5) is 4.64. The average Bonchev–Trinajstić information content (AvgIpc) is 2.68. The van der Waals surface area contributed by atoms with Crippen LogP contribution in [0.1, 0.15) is 12.0 Å². The Morgan fingerprint density at radius 1 is 1.50 bits per heavy atom. The normalized spacial score (nSPS) is 20.8. The van der Waals surface area contributed by atoms with E-state index in [2.05, 4.69) is 23.9 Å². The maximum absolute atomic E-state index is 13.0. The molecule has 18 heavy (non-hydrogen) atoms. The molecule has 1 atom stereocenters. The van der Waals surface area contributed by atoms with Gasteiger partial charge in [-0.1, -0.05) is 6.07 Å². The van der Waals surface area contributed by atoms with Crippen molar-refractivity contribution in [1.82, 2.24) is 9.80 Å². The minimum absolute atomic E-state index is 0.267. The highest BCUT2D eigenvalue weighted by Gasteiger charge is 2.20. The lowest BCUT2D eigenvalue weighted by atomic mass is 10.1. The van der Waals surface area contributed by atoms with E-state index in [0.29, 0.717) is 5.69 Å². The Morgan fingerprint density at radius 2 is 2.28 bits per heavy atom. The highest BCUT2D eigenvalue weighted by molar-refractivity contribution is 5.46. The van der Waals surface area contributed by atoms with Gasteiger partial charge in [-0.3, -0.25) is 0 Å². The van der Waals surface area contributed by atoms with Gasteiger partial charge in [-0.05, 0) is 50.7 Å². The Balaban J connectivity index is 1.88. The molecular formula is C14H22FN3. The van der Waals surface area contributed by atoms with Crippen LogP contribution >= 0.6 is 0 Å². The topological polar surface area (TPSA) is 32.5 Å². The van der Waals surface area contributed by atoms with Crippen molar-refractivity contribution in [1.29, 1.82) is 0 Å². The van der Waals surface area contributed by atoms with E-state index in [1.807, 2.05) is 0 Å². The molecule has 1 aliphatic rings. The number of rotatable bonds is 4. The molecule has 1 unspecified atom stereocenters. The maximum Gasteiger partial charge on any atom is 0.125 e. The SMILES string of the molecule is CN1CCC(CN(C)Cc2ccc(F)cc2N)C1. The first-order valence-corrected chi connectivity index (χ1v) is 6.45. The zero-order valence-electron chi connectivity index (χ0n) is 11.2. The number of halogens is 1. The Hall–Kier alpha value is -1.13. The molecule has 2 rings (SSSR count). The number of benzene rings is 1. The monoisotopic (exact) mass is 251 g/mol. The van der Waals surface area contributed by atoms with E-state index >= 15 is 0 Å². The summed E-state index contributed by atoms with van der Waals surface area (Å²) >= 11 is 0. The molecule has 1 aliphatic heterocycles. The molecule has 1 heterocycles. The van der Waals surface area contributed by atoms with Crippen molar-refractivity contribution in [2.75, 3.05) is 39.5 Å². The summed E-state index contributed by atoms with van der Waals surface area (Å²) < 4.78 is 13.0. The largest absolute Gasteiger partial charge is 0.398 e. The van der Waals surface area contributed by atoms with E-state index in [-0.39, 0.29) is 5.82 Å². The fourth-order valence-corrected chi connectivity index (χ4v) is 2.68. The average molecular weight is 251 g/mol. The first-order valence-electron chi connectivity index (χ1n) is 6.45. The van der Waals surface area contributed by atoms with Crippen LogP contribution < -0.4 is 5.73 Å². The molecule has 0 spiro atoms. The van der Waals surface area contributed by atoms with Crippen LogP contribution in [0, 0.1) is 11.7 Å². The second-order valence-electron chi connectivity index (χ2n) is 5.46. The van der Waals surface area contributed by atoms with E-state index in [1.165, 1.54) is 31.6 Å². The van der Waals surface area contributed by atoms with Crippen molar-refractivity contribution in [2.24, 2.45) is 5.92 Å². The van der Waals surface area contributed by atoms with Crippen molar-refractivity contribution >= 4 is 5.69 Å². The number of anilines is 1. The molecule has 3 nitrogen and oxygen atoms in total. The molecule has 100 valence electrons. The Bertz CT molecular complexity index is 408. The van der Waals surface area contributed by atoms with E-state index in [4.69, 9.17) is 5.73 Å². The molecule has 2 N–H and O–H groups in total. The first kappa shape index (κ1) is 13.3. The third-order valence-electron chi connectivity index (χ3n) is 3.61. The molecule has 1 aromatic rings. The van der Waals surface area contributed by atoms with Crippen molar-refractivity contribution < 1.29 is 4.39 Å². The predicted molar refractivity (Wildman–Crippen MR) is 72.8 cm³/mol. The molecule has 1 fully saturated rings. The highest BCUT2D eigenvalue weighted by atomic mass is 19.1. The summed E-state index contributed by atoms with van der Waals surface area (Å²) in [5.74, 6) is 0.470. The standard InChI is InChI=1S/C14H22FN3/c1-17-6-5-11(8-17)9-18(2)10-12-3-4-13(15)7-14(12)16/h3-4,7,11H,5-6,8-10,16H2,1-2H3. The van der Waals surface area contributed by atoms with Gasteiger partial charge in [0.2, 0.25) is 0 Å². The fraction of sp³-hybridized carbons (Fsp3) is 0.571. The van der Waals surface area contributed by atoms with Crippen molar-refractivity contribution in [3.63, 3.8) is 0 Å². The number of hydrogen-bond acceptors (Lipinski definition) is 3. The minimum atomic E-state index is -0.267. The number of likely N-dealkylation sites (tertiary alicyclic amines) is 1. The molecule has 0 aromatic heterocycles. The lowest BCUT2D eigenvalue weighted by Gasteiger charge is -2.21. The van der Waals surface area contributed by atoms with Crippen LogP contribution in [0.5, 0.6) is 0 Å². The smallest absolute Gasteiger partial charge is 0.125 e. The summed E-state index contributed by atoms with van der Waals surface area (Å²) in [6, 6.07) is 4.65. The molecular weight excluding hydrogens is 229 g/mol. The molecule has 1 aromatic carbocycles. The predicted octanol–water partition coefficient (Wildman–Crippen LogP) is 1.79. The van der Waals surface area contributed by atoms with Crippen LogP contribution in [0.4, 0.5) is 10.1 Å². The number of nitrogens with two attached hydrogens (primary N) is 1. The summed E-state index contributed by atoms with van der Waals surface area (Å²) in [5, 5.41) is 0. The van der Waals surface area contributed by atoms with Gasteiger partial charge in [0.1, 0.15) is 5.82 Å². The van der Waals surface area contributed by atoms with Gasteiger partial charge in [0.15, 0.2) is 0 Å². The molecule has 0 radical (unpaired) electrons. The van der Waals surface area contributed by atoms with Crippen LogP contribution in [0.2, 0.25) is 0 Å². The third-order valence-corrected chi connectivity index (χ3v) is 3.61. The summed E-state index contributed by atoms with van der Waals surface area (Å²) in [7, 11) is 4.26. The lowest BCUT2D eigenvalue weighted by Crippen LogP contribution is -2.27. The second kappa shape index (κ2) is 5.67. The summed E-state index contributed by atoms with van der Waals surface area (Å²) in [6.45, 7) is 4.22. The Labute approximate surface area is 108 Å². The van der Waals surface area contributed by atoms with Crippen LogP contribution in [-0.2, 0) is 6.54 Å². The minimum Gasteiger partial charge on any atom is -0.398 e. The van der Waals surface area contributed by atoms with E-state index in [1.54, 1.807) is 6.07 Å². The van der Waals surface area contributed by atoms with Gasteiger partial charge in [-0.25, -0.2) is 4.39 Å². The number of nitrogens with zero attached hydrogens (tertiary/aromatic N) is 2. The number of nitrogen functional groups attached to an aromatic ring is 1. The molecule has 4 heteroatoms. The Kier molecular flexibility index (Phi) is 4.19. The van der Waals surface area contributed by atoms with Gasteiger partial charge >= 0.3 is 0 Å². The molecule has 0 aliphatic carbocycles. The number of hydrogen-bond donors (Lipinski definition) is 1. The third kappa shape index (κ3) is 3.43. The zero-order valence-corrected chi connectivity index (χ0v) is 11.2. The molecule has 0 amide bonds. The highest BCUT2D eigenvalue weighted by Crippen LogP contribution is 2.18. The Morgan fingerprint density at radius 3 is 2.89 bits per heavy atom. The lowest BCUT2D eigenvalue weighted by molar-refractivity contribution is 0.267. The van der Waals surface area contributed by atoms with Crippen molar-refractivity contribution in [3.05, 3.63) is 29.6 Å². The van der Waals surface area contributed by atoms with Crippen LogP contribution in [0.15, 0.2) is 18.2 Å². The summed E-state index contributed by atoms with van der Waals surface area (Å²) in [5.41, 5.74) is 7.38. The van der Waals surface area contributed by atoms with E-state index < -0.39 is 0 Å². The van der Waals surface area contributed by atoms with Gasteiger partial charge < -0.3 is 15.5 Å². The molecule has 0 saturated carbocycles. The van der Waals surface area contributed by atoms with Gasteiger partial charge in [0.25, 0.3) is 0 Å². The van der Waals surface area contributed by atoms with Gasteiger partial charge in [0.05, 0.1) is 0 Å². The maximum atomic E-state index is 13.0. The van der Waals surface area contributed by atoms with Crippen LogP contribution in [-0.4, -0.2) is 43.5 Å². The van der Waals surface area contributed by atoms with Crippen LogP contribution in [0.25, 0.3) is 0 Å². The quantitative estimate of drug-likeness (QED) is 0.828. The fourth-order valence-electron chi connectivity index (χ4n) is 2.68. The van der Waals surface area contributed by atoms with Crippen LogP contribution in [0.3, 0.4) is 0 Å². The zero-order chi connectivity index (χ0) is 13.1. The van der Waals surface area contributed by atoms with Gasteiger partial charge in [0, 0.05) is 25.3 Å². The van der Waals surface area contributed by atoms with Crippen molar-refractivity contribution in [3.8, 4) is 0 Å². The molecule has 1 saturated heterocycles. The summed E-state index contributed by atoms with van der Waals surface area (Å²) in [6.07, 6.45) is 1.26.